The molecule has 0 aliphatic carbocycles. The van der Waals surface area contributed by atoms with Crippen molar-refractivity contribution in [3.8, 4) is 0 Å². The summed E-state index contributed by atoms with van der Waals surface area (Å²) in [6.07, 6.45) is 0.254. The Hall–Kier alpha value is -1.10. The molecule has 0 unspecified atom stereocenters. The average Bonchev–Trinajstić information content (AvgIpc) is 2.10. The number of ether oxygens (including phenoxy) is 2. The third-order valence-electron chi connectivity index (χ3n) is 1.19. The fourth-order valence-corrected chi connectivity index (χ4v) is 0.562. The molecule has 1 aliphatic rings. The minimum Gasteiger partial charge on any atom is -0.400 e. The normalized spacial score (nSPS) is 22.2. The zero-order valence-electron chi connectivity index (χ0n) is 5.42. The summed E-state index contributed by atoms with van der Waals surface area (Å²) >= 11 is 0. The van der Waals surface area contributed by atoms with Gasteiger partial charge in [0.05, 0.1) is 0 Å². The molecule has 0 amide bonds. The van der Waals surface area contributed by atoms with Crippen LogP contribution in [0.15, 0.2) is 0 Å². The fourth-order valence-electron chi connectivity index (χ4n) is 0.562. The molecule has 56 valence electrons. The number of carbonyl (C=O) groups excluding carboxylic acids is 2. The van der Waals surface area contributed by atoms with E-state index in [4.69, 9.17) is 5.73 Å². The van der Waals surface area contributed by atoms with Crippen molar-refractivity contribution >= 4 is 11.9 Å². The Bertz CT molecular complexity index is 172. The third-order valence-corrected chi connectivity index (χ3v) is 1.19. The van der Waals surface area contributed by atoms with E-state index in [0.29, 0.717) is 0 Å². The van der Waals surface area contributed by atoms with E-state index in [1.807, 2.05) is 0 Å². The zero-order valence-corrected chi connectivity index (χ0v) is 5.42. The van der Waals surface area contributed by atoms with Gasteiger partial charge in [0, 0.05) is 6.42 Å². The molecule has 0 radical (unpaired) electrons. The SMILES string of the molecule is CCC1(N)OC(=O)C(=O)O1. The lowest BCUT2D eigenvalue weighted by Crippen LogP contribution is -2.40. The van der Waals surface area contributed by atoms with Gasteiger partial charge in [-0.1, -0.05) is 6.92 Å². The van der Waals surface area contributed by atoms with Gasteiger partial charge in [0.1, 0.15) is 0 Å². The standard InChI is InChI=1S/C5H7NO4/c1-2-5(6)9-3(7)4(8)10-5/h2,6H2,1H3. The Balaban J connectivity index is 2.73. The van der Waals surface area contributed by atoms with Crippen LogP contribution in [-0.4, -0.2) is 17.8 Å². The maximum absolute atomic E-state index is 10.4. The first-order valence-electron chi connectivity index (χ1n) is 2.82. The van der Waals surface area contributed by atoms with Gasteiger partial charge < -0.3 is 9.47 Å². The van der Waals surface area contributed by atoms with Crippen molar-refractivity contribution in [2.75, 3.05) is 0 Å². The molecule has 1 saturated heterocycles. The molecule has 0 atom stereocenters. The lowest BCUT2D eigenvalue weighted by atomic mass is 10.4. The van der Waals surface area contributed by atoms with E-state index in [0.717, 1.165) is 0 Å². The van der Waals surface area contributed by atoms with Crippen molar-refractivity contribution in [1.29, 1.82) is 0 Å². The summed E-state index contributed by atoms with van der Waals surface area (Å²) in [6, 6.07) is 0. The molecule has 10 heavy (non-hydrogen) atoms. The first-order chi connectivity index (χ1) is 4.57. The largest absolute Gasteiger partial charge is 0.421 e. The highest BCUT2D eigenvalue weighted by Crippen LogP contribution is 2.17. The van der Waals surface area contributed by atoms with Crippen LogP contribution in [0.5, 0.6) is 0 Å². The minimum absolute atomic E-state index is 0.254. The van der Waals surface area contributed by atoms with E-state index in [1.165, 1.54) is 0 Å². The van der Waals surface area contributed by atoms with Gasteiger partial charge in [0.25, 0.3) is 0 Å². The number of hydrogen-bond acceptors (Lipinski definition) is 5. The summed E-state index contributed by atoms with van der Waals surface area (Å²) in [5.74, 6) is -3.57. The molecule has 0 aromatic carbocycles. The quantitative estimate of drug-likeness (QED) is 0.382. The van der Waals surface area contributed by atoms with Crippen LogP contribution in [0.4, 0.5) is 0 Å². The molecule has 1 fully saturated rings. The van der Waals surface area contributed by atoms with Crippen LogP contribution in [0.3, 0.4) is 0 Å². The third kappa shape index (κ3) is 0.950. The number of nitrogens with two attached hydrogens (primary N) is 1. The first kappa shape index (κ1) is 7.01. The van der Waals surface area contributed by atoms with Crippen LogP contribution >= 0.6 is 0 Å². The average molecular weight is 145 g/mol. The van der Waals surface area contributed by atoms with E-state index in [2.05, 4.69) is 9.47 Å². The van der Waals surface area contributed by atoms with E-state index in [9.17, 15) is 9.59 Å². The highest BCUT2D eigenvalue weighted by atomic mass is 16.8. The number of cyclic esters (lactones) is 2. The molecule has 0 bridgehead atoms. The van der Waals surface area contributed by atoms with Crippen molar-refractivity contribution in [3.63, 3.8) is 0 Å². The van der Waals surface area contributed by atoms with Crippen LogP contribution in [-0.2, 0) is 19.1 Å². The van der Waals surface area contributed by atoms with E-state index in [-0.39, 0.29) is 6.42 Å². The lowest BCUT2D eigenvalue weighted by molar-refractivity contribution is -0.176. The molecule has 0 saturated carbocycles. The van der Waals surface area contributed by atoms with Gasteiger partial charge in [0.2, 0.25) is 0 Å². The molecule has 1 rings (SSSR count). The highest BCUT2D eigenvalue weighted by molar-refractivity contribution is 6.31. The van der Waals surface area contributed by atoms with Gasteiger partial charge >= 0.3 is 17.8 Å². The summed E-state index contributed by atoms with van der Waals surface area (Å²) in [6.45, 7) is 1.64. The molecule has 5 nitrogen and oxygen atoms in total. The Morgan fingerprint density at radius 1 is 1.40 bits per heavy atom. The smallest absolute Gasteiger partial charge is 0.400 e. The fraction of sp³-hybridized carbons (Fsp3) is 0.600. The van der Waals surface area contributed by atoms with E-state index >= 15 is 0 Å². The van der Waals surface area contributed by atoms with Gasteiger partial charge in [-0.3, -0.25) is 5.73 Å². The Morgan fingerprint density at radius 2 is 1.80 bits per heavy atom. The number of carbonyl (C=O) groups is 2. The van der Waals surface area contributed by atoms with Crippen LogP contribution in [0.25, 0.3) is 0 Å². The van der Waals surface area contributed by atoms with Crippen molar-refractivity contribution in [1.82, 2.24) is 0 Å². The summed E-state index contributed by atoms with van der Waals surface area (Å²) in [7, 11) is 0. The summed E-state index contributed by atoms with van der Waals surface area (Å²) < 4.78 is 8.75. The second-order valence-electron chi connectivity index (χ2n) is 1.94. The molecular weight excluding hydrogens is 138 g/mol. The second kappa shape index (κ2) is 1.95. The van der Waals surface area contributed by atoms with Crippen molar-refractivity contribution in [2.24, 2.45) is 5.73 Å². The molecule has 0 aromatic heterocycles. The van der Waals surface area contributed by atoms with Crippen molar-refractivity contribution in [2.45, 2.75) is 19.3 Å². The molecule has 5 heteroatoms. The van der Waals surface area contributed by atoms with Crippen molar-refractivity contribution in [3.05, 3.63) is 0 Å². The monoisotopic (exact) mass is 145 g/mol. The Labute approximate surface area is 57.1 Å². The predicted molar refractivity (Wildman–Crippen MR) is 29.4 cm³/mol. The molecule has 2 N–H and O–H groups in total. The van der Waals surface area contributed by atoms with E-state index in [1.54, 1.807) is 6.92 Å². The first-order valence-corrected chi connectivity index (χ1v) is 2.82. The van der Waals surface area contributed by atoms with Gasteiger partial charge in [-0.05, 0) is 0 Å². The topological polar surface area (TPSA) is 78.6 Å². The second-order valence-corrected chi connectivity index (χ2v) is 1.94. The van der Waals surface area contributed by atoms with Gasteiger partial charge in [-0.15, -0.1) is 0 Å². The maximum Gasteiger partial charge on any atom is 0.421 e. The minimum atomic E-state index is -1.52. The summed E-state index contributed by atoms with van der Waals surface area (Å²) in [5, 5.41) is 0. The Morgan fingerprint density at radius 3 is 2.00 bits per heavy atom. The van der Waals surface area contributed by atoms with Gasteiger partial charge in [-0.2, -0.15) is 0 Å². The van der Waals surface area contributed by atoms with Gasteiger partial charge in [-0.25, -0.2) is 9.59 Å². The van der Waals surface area contributed by atoms with Crippen LogP contribution in [0.2, 0.25) is 0 Å². The van der Waals surface area contributed by atoms with Crippen molar-refractivity contribution < 1.29 is 19.1 Å². The molecule has 0 aromatic rings. The van der Waals surface area contributed by atoms with Crippen LogP contribution < -0.4 is 5.73 Å². The number of esters is 2. The highest BCUT2D eigenvalue weighted by Gasteiger charge is 2.43. The van der Waals surface area contributed by atoms with Gasteiger partial charge in [0.15, 0.2) is 0 Å². The van der Waals surface area contributed by atoms with Crippen LogP contribution in [0, 0.1) is 0 Å². The molecular formula is C5H7NO4. The number of rotatable bonds is 1. The van der Waals surface area contributed by atoms with Crippen LogP contribution in [0.1, 0.15) is 13.3 Å². The molecule has 0 spiro atoms. The number of hydrogen-bond donors (Lipinski definition) is 1. The summed E-state index contributed by atoms with van der Waals surface area (Å²) in [4.78, 5) is 20.7. The zero-order chi connectivity index (χ0) is 7.78. The summed E-state index contributed by atoms with van der Waals surface area (Å²) in [5.41, 5.74) is 5.25. The predicted octanol–water partition coefficient (Wildman–Crippen LogP) is -0.891. The molecule has 1 aliphatic heterocycles. The lowest BCUT2D eigenvalue weighted by Gasteiger charge is -2.16. The molecule has 1 heterocycles. The van der Waals surface area contributed by atoms with E-state index < -0.39 is 17.8 Å². The Kier molecular flexibility index (Phi) is 1.37. The maximum atomic E-state index is 10.4.